The molecule has 6 aromatic rings. The molecule has 0 radical (unpaired) electrons. The molecule has 4 N–H and O–H groups in total. The Balaban J connectivity index is 0.000000143. The summed E-state index contributed by atoms with van der Waals surface area (Å²) in [6, 6.07) is 18.1. The van der Waals surface area contributed by atoms with Crippen LogP contribution in [0.2, 0.25) is 0 Å². The Morgan fingerprint density at radius 1 is 0.500 bits per heavy atom. The molecule has 3 aromatic heterocycles. The maximum atomic E-state index is 15.2. The molecule has 3 aromatic carbocycles. The molecule has 44 heteroatoms. The minimum atomic E-state index is -4.24. The lowest BCUT2D eigenvalue weighted by atomic mass is 9.97. The molecule has 0 spiro atoms. The first-order chi connectivity index (χ1) is 51.1. The lowest BCUT2D eigenvalue weighted by Gasteiger charge is -2.32. The molecule has 9 aliphatic heterocycles. The molecular weight excluding hydrogens is 1520 g/mol. The van der Waals surface area contributed by atoms with Crippen molar-refractivity contribution >= 4 is 64.3 Å². The molecule has 582 valence electrons. The van der Waals surface area contributed by atoms with Crippen LogP contribution in [0.25, 0.3) is 0 Å². The fourth-order valence-corrected chi connectivity index (χ4v) is 16.9. The number of hydrogen-bond donors (Lipinski definition) is 4. The quantitative estimate of drug-likeness (QED) is 0.0549. The Bertz CT molecular complexity index is 4810. The van der Waals surface area contributed by atoms with Gasteiger partial charge < -0.3 is 54.4 Å². The van der Waals surface area contributed by atoms with Gasteiger partial charge in [-0.1, -0.05) is 6.07 Å². The minimum Gasteiger partial charge on any atom is -0.486 e. The number of alkyl halides is 6. The van der Waals surface area contributed by atoms with Crippen LogP contribution in [0.5, 0.6) is 23.0 Å². The summed E-state index contributed by atoms with van der Waals surface area (Å²) in [5.74, 6) is -11.7. The Morgan fingerprint density at radius 3 is 1.22 bits per heavy atom. The Labute approximate surface area is 607 Å². The largest absolute Gasteiger partial charge is 0.486 e. The number of hydrogen-bond acceptors (Lipinski definition) is 29. The number of nitrogens with zero attached hydrogens (tertiary/aromatic N) is 6. The normalized spacial score (nSPS) is 29.2. The van der Waals surface area contributed by atoms with Gasteiger partial charge in [0.15, 0.2) is 41.3 Å². The molecule has 3 amide bonds. The summed E-state index contributed by atoms with van der Waals surface area (Å²) < 4.78 is 213. The van der Waals surface area contributed by atoms with E-state index in [0.29, 0.717) is 55.5 Å². The smallest absolute Gasteiger partial charge is 0.475 e. The van der Waals surface area contributed by atoms with E-state index in [1.807, 2.05) is 6.07 Å². The molecule has 13 atom stereocenters. The molecule has 0 saturated carbocycles. The van der Waals surface area contributed by atoms with Crippen LogP contribution in [0.3, 0.4) is 0 Å². The molecule has 6 saturated heterocycles. The molecule has 15 rings (SSSR count). The van der Waals surface area contributed by atoms with E-state index in [1.165, 1.54) is 36.4 Å². The first-order valence-electron chi connectivity index (χ1n) is 33.4. The van der Waals surface area contributed by atoms with E-state index in [4.69, 9.17) is 73.9 Å². The van der Waals surface area contributed by atoms with E-state index in [2.05, 4.69) is 43.1 Å². The predicted molar refractivity (Wildman–Crippen MR) is 358 cm³/mol. The van der Waals surface area contributed by atoms with Gasteiger partial charge in [-0.3, -0.25) is 68.8 Å². The van der Waals surface area contributed by atoms with Gasteiger partial charge in [0, 0.05) is 47.0 Å². The first kappa shape index (κ1) is 77.7. The summed E-state index contributed by atoms with van der Waals surface area (Å²) in [6.45, 7) is 10.7. The third kappa shape index (κ3) is 16.4. The third-order valence-corrected chi connectivity index (χ3v) is 21.9. The van der Waals surface area contributed by atoms with Crippen LogP contribution in [0.15, 0.2) is 106 Å². The number of phosphoric acid groups is 3. The highest BCUT2D eigenvalue weighted by molar-refractivity contribution is 7.49. The number of carbonyl (C=O) groups excluding carboxylic acids is 3. The number of halogens is 6. The molecule has 35 nitrogen and oxygen atoms in total. The zero-order chi connectivity index (χ0) is 77.2. The molecule has 0 aliphatic carbocycles. The van der Waals surface area contributed by atoms with Gasteiger partial charge in [0.25, 0.3) is 17.7 Å². The van der Waals surface area contributed by atoms with Gasteiger partial charge in [-0.2, -0.15) is 41.3 Å². The number of aryl methyl sites for hydroxylation is 1. The second-order valence-electron chi connectivity index (χ2n) is 26.1. The number of anilines is 4. The monoisotopic (exact) mass is 1580 g/mol. The van der Waals surface area contributed by atoms with Gasteiger partial charge >= 0.3 is 58.3 Å². The molecule has 9 aliphatic rings. The van der Waals surface area contributed by atoms with Crippen molar-refractivity contribution in [2.24, 2.45) is 0 Å². The van der Waals surface area contributed by atoms with Crippen molar-refractivity contribution in [3.63, 3.8) is 0 Å². The highest BCUT2D eigenvalue weighted by Crippen LogP contribution is 2.63. The van der Waals surface area contributed by atoms with Crippen LogP contribution in [0.1, 0.15) is 110 Å². The maximum absolute atomic E-state index is 15.2. The topological polar surface area (TPSA) is 403 Å². The van der Waals surface area contributed by atoms with Gasteiger partial charge in [-0.05, 0) is 134 Å². The molecule has 0 bridgehead atoms. The summed E-state index contributed by atoms with van der Waals surface area (Å²) in [5.41, 5.74) is -0.553. The lowest BCUT2D eigenvalue weighted by Crippen LogP contribution is -2.45. The van der Waals surface area contributed by atoms with Crippen molar-refractivity contribution in [3.05, 3.63) is 145 Å². The number of fused-ring (bicyclic) bond motifs is 6. The van der Waals surface area contributed by atoms with Crippen molar-refractivity contribution in [2.75, 3.05) is 61.1 Å². The minimum absolute atomic E-state index is 0.0369. The van der Waals surface area contributed by atoms with Gasteiger partial charge in [0.05, 0.1) is 38.1 Å². The van der Waals surface area contributed by atoms with Crippen LogP contribution in [-0.2, 0) is 75.0 Å². The number of phosphoric ester groups is 3. The molecule has 108 heavy (non-hydrogen) atoms. The molecule has 7 unspecified atom stereocenters. The number of aromatic nitrogens is 6. The second-order valence-corrected chi connectivity index (χ2v) is 30.8. The van der Waals surface area contributed by atoms with Crippen molar-refractivity contribution in [3.8, 4) is 23.0 Å². The molecular formula is C64H69F6N10O25P3. The average molecular weight is 1590 g/mol. The second kappa shape index (κ2) is 30.4. The molecule has 6 fully saturated rings. The summed E-state index contributed by atoms with van der Waals surface area (Å²) in [6.07, 6.45) is -12.9. The van der Waals surface area contributed by atoms with Crippen LogP contribution in [0.4, 0.5) is 49.5 Å². The highest BCUT2D eigenvalue weighted by atomic mass is 31.2. The zero-order valence-electron chi connectivity index (χ0n) is 57.8. The SMILES string of the molecule is CC(C)OP1(=O)OC[C@H]2OC(n3ccc(NC(=O)c4ccc5c(c4)OCCO5)nc3=O)C(F)(F)[C@@H]2O1.CC(C)OP1(=O)OC[C@H]2OC(n3ccc(NC(=O)c4ccc5c(c4)OCO5)nc3=O)C(F)(F)[C@@H]2O1.CC1CCc2ccc(C(=O)Nc3ccn(C4O[C@@H]5COP(=O)(OC(C)C)O[C@H]5C4(F)F)c(=O)n3)cc2N1. The van der Waals surface area contributed by atoms with Gasteiger partial charge in [0.1, 0.15) is 49.0 Å². The van der Waals surface area contributed by atoms with Crippen molar-refractivity contribution in [2.45, 2.75) is 159 Å². The number of ether oxygens (including phenoxy) is 7. The highest BCUT2D eigenvalue weighted by Gasteiger charge is 2.68. The van der Waals surface area contributed by atoms with Gasteiger partial charge in [0.2, 0.25) is 25.5 Å². The van der Waals surface area contributed by atoms with E-state index in [0.717, 1.165) is 48.7 Å². The zero-order valence-corrected chi connectivity index (χ0v) is 60.5. The Hall–Kier alpha value is -8.50. The van der Waals surface area contributed by atoms with Gasteiger partial charge in [-0.25, -0.2) is 28.1 Å². The fraction of sp³-hybridized carbons (Fsp3) is 0.484. The number of amides is 3. The van der Waals surface area contributed by atoms with Crippen molar-refractivity contribution in [1.82, 2.24) is 28.7 Å². The summed E-state index contributed by atoms with van der Waals surface area (Å²) in [5, 5.41) is 10.7. The summed E-state index contributed by atoms with van der Waals surface area (Å²) in [7, 11) is -12.7. The maximum Gasteiger partial charge on any atom is 0.475 e. The Kier molecular flexibility index (Phi) is 21.9. The third-order valence-electron chi connectivity index (χ3n) is 17.0. The van der Waals surface area contributed by atoms with Crippen LogP contribution >= 0.6 is 23.5 Å². The van der Waals surface area contributed by atoms with Crippen LogP contribution in [0, 0.1) is 0 Å². The number of benzene rings is 3. The van der Waals surface area contributed by atoms with E-state index in [-0.39, 0.29) is 41.4 Å². The van der Waals surface area contributed by atoms with Crippen LogP contribution in [-0.4, -0.2) is 165 Å². The van der Waals surface area contributed by atoms with Crippen LogP contribution < -0.4 is 57.3 Å². The van der Waals surface area contributed by atoms with Crippen molar-refractivity contribution in [1.29, 1.82) is 0 Å². The Morgan fingerprint density at radius 2 is 0.843 bits per heavy atom. The first-order valence-corrected chi connectivity index (χ1v) is 37.8. The summed E-state index contributed by atoms with van der Waals surface area (Å²) in [4.78, 5) is 86.7. The predicted octanol–water partition coefficient (Wildman–Crippen LogP) is 9.18. The number of nitrogens with one attached hydrogen (secondary N) is 4. The van der Waals surface area contributed by atoms with E-state index in [1.54, 1.807) is 65.8 Å². The molecule has 12 heterocycles. The lowest BCUT2D eigenvalue weighted by molar-refractivity contribution is -0.139. The average Bonchev–Trinajstić information content (AvgIpc) is 1.60. The van der Waals surface area contributed by atoms with Gasteiger partial charge in [-0.15, -0.1) is 0 Å². The number of rotatable bonds is 15. The summed E-state index contributed by atoms with van der Waals surface area (Å²) >= 11 is 0. The number of carbonyl (C=O) groups is 3. The van der Waals surface area contributed by atoms with E-state index in [9.17, 15) is 42.5 Å². The fourth-order valence-electron chi connectivity index (χ4n) is 12.2. The van der Waals surface area contributed by atoms with E-state index < -0.39 is 169 Å². The van der Waals surface area contributed by atoms with Crippen molar-refractivity contribution < 1.29 is 128 Å². The van der Waals surface area contributed by atoms with E-state index >= 15 is 26.3 Å². The standard InChI is InChI=1S/C23H27F2N4O7P.C21H22F2N3O9P.C20H20F2N3O9P/c1-12(2)35-37(32)33-11-17-19(36-37)23(24,25)21(34-17)29-9-8-18(28-22(29)31)27-20(30)15-7-6-14-5-4-13(3)26-16(14)10-15;1-11(2)34-36(29)32-10-15-17(35-36)21(22,23)19(33-15)26-6-5-16(25-20(26)28)24-18(27)12-3-4-13-14(9-12)31-8-7-30-13;1-10(2)33-35(28)31-8-14-16(34-35)20(21,22)18(32-14)25-6-5-15(24-19(25)27)23-17(26)11-3-4-12-13(7-11)30-9-29-12/h6-10,12-13,17,19,21,26H,4-5,11H2,1-3H3,(H,27,28,30,31);3-6,9,11,15,17,19H,7-8,10H2,1-2H3,(H,24,25,27,28);3-7,10,14,16,18H,8-9H2,1-2H3,(H,23,24,26,27)/t13?,17-,19-,21?,37?;15-,17-,19?,36?;14-,16-,18?,35?/m111/s1.